The van der Waals surface area contributed by atoms with Gasteiger partial charge in [-0.3, -0.25) is 0 Å². The summed E-state index contributed by atoms with van der Waals surface area (Å²) in [6, 6.07) is 17.8. The van der Waals surface area contributed by atoms with E-state index < -0.39 is 0 Å². The first kappa shape index (κ1) is 16.3. The second-order valence-corrected chi connectivity index (χ2v) is 5.94. The molecule has 2 heteroatoms. The van der Waals surface area contributed by atoms with Crippen LogP contribution in [0.2, 0.25) is 0 Å². The molecule has 0 saturated carbocycles. The Labute approximate surface area is 133 Å². The molecule has 0 aliphatic carbocycles. The Bertz CT molecular complexity index is 590. The summed E-state index contributed by atoms with van der Waals surface area (Å²) in [5.74, 6) is 0.365. The summed E-state index contributed by atoms with van der Waals surface area (Å²) in [5, 5.41) is 0. The van der Waals surface area contributed by atoms with Gasteiger partial charge >= 0.3 is 5.97 Å². The summed E-state index contributed by atoms with van der Waals surface area (Å²) in [7, 11) is 0. The van der Waals surface area contributed by atoms with E-state index in [-0.39, 0.29) is 5.97 Å². The summed E-state index contributed by atoms with van der Waals surface area (Å²) in [4.78, 5) is 11.8. The van der Waals surface area contributed by atoms with Crippen molar-refractivity contribution < 1.29 is 9.53 Å². The highest BCUT2D eigenvalue weighted by Gasteiger charge is 2.07. The number of esters is 1. The lowest BCUT2D eigenvalue weighted by Crippen LogP contribution is -2.08. The van der Waals surface area contributed by atoms with E-state index in [9.17, 15) is 4.79 Å². The van der Waals surface area contributed by atoms with Crippen LogP contribution in [0.3, 0.4) is 0 Å². The van der Waals surface area contributed by atoms with Gasteiger partial charge in [0.25, 0.3) is 0 Å². The zero-order valence-corrected chi connectivity index (χ0v) is 13.4. The molecule has 2 aromatic rings. The third-order valence-electron chi connectivity index (χ3n) is 3.75. The van der Waals surface area contributed by atoms with Crippen molar-refractivity contribution in [2.24, 2.45) is 5.92 Å². The molecule has 116 valence electrons. The molecule has 1 atom stereocenters. The Balaban J connectivity index is 1.67. The van der Waals surface area contributed by atoms with Crippen LogP contribution in [0.5, 0.6) is 0 Å². The average Bonchev–Trinajstić information content (AvgIpc) is 2.52. The van der Waals surface area contributed by atoms with E-state index in [1.807, 2.05) is 18.2 Å². The molecule has 0 heterocycles. The molecule has 0 amide bonds. The summed E-state index contributed by atoms with van der Waals surface area (Å²) in [5.41, 5.74) is 3.31. The quantitative estimate of drug-likeness (QED) is 0.541. The molecule has 0 saturated heterocycles. The van der Waals surface area contributed by atoms with Crippen LogP contribution in [0.15, 0.2) is 54.6 Å². The maximum Gasteiger partial charge on any atom is 0.338 e. The molecule has 2 nitrogen and oxygen atoms in total. The van der Waals surface area contributed by atoms with Crippen LogP contribution in [0, 0.1) is 12.8 Å². The van der Waals surface area contributed by atoms with Crippen LogP contribution in [0.1, 0.15) is 41.3 Å². The van der Waals surface area contributed by atoms with Gasteiger partial charge in [-0.15, -0.1) is 0 Å². The van der Waals surface area contributed by atoms with E-state index in [0.717, 1.165) is 19.3 Å². The molecular formula is C20H24O2. The predicted molar refractivity (Wildman–Crippen MR) is 90.0 cm³/mol. The Morgan fingerprint density at radius 1 is 1.09 bits per heavy atom. The minimum atomic E-state index is -0.230. The Morgan fingerprint density at radius 2 is 1.86 bits per heavy atom. The summed E-state index contributed by atoms with van der Waals surface area (Å²) in [6.45, 7) is 4.87. The van der Waals surface area contributed by atoms with Crippen LogP contribution in [-0.4, -0.2) is 12.6 Å². The van der Waals surface area contributed by atoms with Gasteiger partial charge in [0.1, 0.15) is 0 Å². The van der Waals surface area contributed by atoms with Gasteiger partial charge in [-0.1, -0.05) is 55.0 Å². The van der Waals surface area contributed by atoms with Crippen molar-refractivity contribution in [2.75, 3.05) is 6.61 Å². The monoisotopic (exact) mass is 296 g/mol. The van der Waals surface area contributed by atoms with Crippen LogP contribution in [0.4, 0.5) is 0 Å². The van der Waals surface area contributed by atoms with E-state index in [1.54, 1.807) is 12.1 Å². The molecule has 0 aliphatic heterocycles. The van der Waals surface area contributed by atoms with E-state index in [4.69, 9.17) is 4.74 Å². The number of ether oxygens (including phenoxy) is 1. The number of aryl methyl sites for hydroxylation is 1. The summed E-state index contributed by atoms with van der Waals surface area (Å²) >= 11 is 0. The van der Waals surface area contributed by atoms with E-state index in [1.165, 1.54) is 11.1 Å². The number of carbonyl (C=O) groups excluding carboxylic acids is 1. The van der Waals surface area contributed by atoms with Gasteiger partial charge in [-0.05, 0) is 49.8 Å². The first-order valence-corrected chi connectivity index (χ1v) is 7.93. The number of benzene rings is 2. The molecule has 0 N–H and O–H groups in total. The van der Waals surface area contributed by atoms with Crippen LogP contribution < -0.4 is 0 Å². The topological polar surface area (TPSA) is 26.3 Å². The second-order valence-electron chi connectivity index (χ2n) is 5.94. The van der Waals surface area contributed by atoms with Crippen molar-refractivity contribution in [3.05, 3.63) is 71.3 Å². The van der Waals surface area contributed by atoms with Crippen molar-refractivity contribution in [2.45, 2.75) is 33.1 Å². The van der Waals surface area contributed by atoms with E-state index in [2.05, 4.69) is 38.1 Å². The fourth-order valence-corrected chi connectivity index (χ4v) is 2.60. The van der Waals surface area contributed by atoms with Gasteiger partial charge in [0.2, 0.25) is 0 Å². The first-order chi connectivity index (χ1) is 10.6. The maximum absolute atomic E-state index is 11.8. The van der Waals surface area contributed by atoms with Crippen LogP contribution in [0.25, 0.3) is 0 Å². The van der Waals surface area contributed by atoms with Gasteiger partial charge in [-0.25, -0.2) is 4.79 Å². The molecule has 0 spiro atoms. The molecule has 0 bridgehead atoms. The highest BCUT2D eigenvalue weighted by molar-refractivity contribution is 5.89. The Kier molecular flexibility index (Phi) is 6.20. The smallest absolute Gasteiger partial charge is 0.338 e. The summed E-state index contributed by atoms with van der Waals surface area (Å²) < 4.78 is 5.31. The number of hydrogen-bond donors (Lipinski definition) is 0. The van der Waals surface area contributed by atoms with Crippen molar-refractivity contribution in [3.8, 4) is 0 Å². The normalized spacial score (nSPS) is 11.9. The van der Waals surface area contributed by atoms with Crippen LogP contribution >= 0.6 is 0 Å². The van der Waals surface area contributed by atoms with Crippen molar-refractivity contribution in [1.29, 1.82) is 0 Å². The molecule has 0 fully saturated rings. The Hall–Kier alpha value is -2.09. The van der Waals surface area contributed by atoms with Crippen LogP contribution in [-0.2, 0) is 11.2 Å². The summed E-state index contributed by atoms with van der Waals surface area (Å²) in [6.07, 6.45) is 3.05. The van der Waals surface area contributed by atoms with Gasteiger partial charge in [0.15, 0.2) is 0 Å². The number of hydrogen-bond acceptors (Lipinski definition) is 2. The largest absolute Gasteiger partial charge is 0.462 e. The van der Waals surface area contributed by atoms with Crippen molar-refractivity contribution in [3.63, 3.8) is 0 Å². The van der Waals surface area contributed by atoms with Crippen molar-refractivity contribution in [1.82, 2.24) is 0 Å². The lowest BCUT2D eigenvalue weighted by atomic mass is 9.96. The van der Waals surface area contributed by atoms with Gasteiger partial charge in [0.05, 0.1) is 12.2 Å². The molecule has 22 heavy (non-hydrogen) atoms. The van der Waals surface area contributed by atoms with E-state index in [0.29, 0.717) is 18.1 Å². The Morgan fingerprint density at radius 3 is 2.59 bits per heavy atom. The molecule has 2 rings (SSSR count). The highest BCUT2D eigenvalue weighted by Crippen LogP contribution is 2.15. The second kappa shape index (κ2) is 8.38. The highest BCUT2D eigenvalue weighted by atomic mass is 16.5. The lowest BCUT2D eigenvalue weighted by molar-refractivity contribution is 0.0494. The predicted octanol–water partition coefficient (Wildman–Crippen LogP) is 4.81. The SMILES string of the molecule is Cc1cccc(CC(C)CCCOC(=O)c2ccccc2)c1. The zero-order valence-electron chi connectivity index (χ0n) is 13.4. The van der Waals surface area contributed by atoms with Crippen molar-refractivity contribution >= 4 is 5.97 Å². The maximum atomic E-state index is 11.8. The number of rotatable bonds is 7. The number of carbonyl (C=O) groups is 1. The fraction of sp³-hybridized carbons (Fsp3) is 0.350. The standard InChI is InChI=1S/C20H24O2/c1-16-8-6-10-18(14-16)15-17(2)9-7-13-22-20(21)19-11-4-3-5-12-19/h3-6,8,10-12,14,17H,7,9,13,15H2,1-2H3. The van der Waals surface area contributed by atoms with Gasteiger partial charge < -0.3 is 4.74 Å². The molecule has 0 radical (unpaired) electrons. The third kappa shape index (κ3) is 5.36. The zero-order chi connectivity index (χ0) is 15.8. The minimum Gasteiger partial charge on any atom is -0.462 e. The minimum absolute atomic E-state index is 0.230. The average molecular weight is 296 g/mol. The molecule has 0 aliphatic rings. The third-order valence-corrected chi connectivity index (χ3v) is 3.75. The van der Waals surface area contributed by atoms with E-state index >= 15 is 0 Å². The molecular weight excluding hydrogens is 272 g/mol. The van der Waals surface area contributed by atoms with Gasteiger partial charge in [-0.2, -0.15) is 0 Å². The molecule has 1 unspecified atom stereocenters. The molecule has 0 aromatic heterocycles. The fourth-order valence-electron chi connectivity index (χ4n) is 2.60. The van der Waals surface area contributed by atoms with Gasteiger partial charge in [0, 0.05) is 0 Å². The molecule has 2 aromatic carbocycles. The first-order valence-electron chi connectivity index (χ1n) is 7.93. The lowest BCUT2D eigenvalue weighted by Gasteiger charge is -2.12.